The van der Waals surface area contributed by atoms with E-state index in [1.807, 2.05) is 0 Å². The number of amides is 1. The fourth-order valence-electron chi connectivity index (χ4n) is 2.18. The van der Waals surface area contributed by atoms with Gasteiger partial charge in [0.25, 0.3) is 15.9 Å². The minimum atomic E-state index is -3.60. The third kappa shape index (κ3) is 1.95. The lowest BCUT2D eigenvalue weighted by atomic mass is 10.2. The van der Waals surface area contributed by atoms with Crippen LogP contribution in [-0.4, -0.2) is 25.2 Å². The molecule has 4 nitrogen and oxygen atoms in total. The Hall–Kier alpha value is -0.630. The second kappa shape index (κ2) is 4.19. The Morgan fingerprint density at radius 3 is 2.72 bits per heavy atom. The average Bonchev–Trinajstić information content (AvgIpc) is 3.09. The molecule has 0 aromatic heterocycles. The van der Waals surface area contributed by atoms with Gasteiger partial charge in [0.2, 0.25) is 0 Å². The summed E-state index contributed by atoms with van der Waals surface area (Å²) in [6, 6.07) is 4.89. The van der Waals surface area contributed by atoms with Gasteiger partial charge < -0.3 is 0 Å². The average molecular weight is 377 g/mol. The molecule has 1 aromatic rings. The van der Waals surface area contributed by atoms with Crippen molar-refractivity contribution < 1.29 is 13.2 Å². The Labute approximate surface area is 120 Å². The Balaban J connectivity index is 1.96. The first-order valence-electron chi connectivity index (χ1n) is 5.87. The van der Waals surface area contributed by atoms with E-state index in [0.29, 0.717) is 18.0 Å². The fraction of sp³-hybridized carbons (Fsp3) is 0.417. The van der Waals surface area contributed by atoms with Gasteiger partial charge in [-0.05, 0) is 53.1 Å². The van der Waals surface area contributed by atoms with Crippen LogP contribution >= 0.6 is 22.6 Å². The van der Waals surface area contributed by atoms with Crippen molar-refractivity contribution in [1.29, 1.82) is 0 Å². The molecule has 1 heterocycles. The third-order valence-electron chi connectivity index (χ3n) is 3.40. The van der Waals surface area contributed by atoms with Gasteiger partial charge in [-0.25, -0.2) is 12.7 Å². The molecular weight excluding hydrogens is 365 g/mol. The van der Waals surface area contributed by atoms with Gasteiger partial charge in [0.15, 0.2) is 0 Å². The topological polar surface area (TPSA) is 54.5 Å². The highest BCUT2D eigenvalue weighted by Crippen LogP contribution is 2.36. The molecule has 1 aromatic carbocycles. The van der Waals surface area contributed by atoms with Gasteiger partial charge in [-0.15, -0.1) is 0 Å². The Bertz CT molecular complexity index is 622. The summed E-state index contributed by atoms with van der Waals surface area (Å²) < 4.78 is 26.4. The fourth-order valence-corrected chi connectivity index (χ4v) is 4.24. The molecule has 3 rings (SSSR count). The number of fused-ring (bicyclic) bond motifs is 1. The van der Waals surface area contributed by atoms with Crippen LogP contribution < -0.4 is 0 Å². The summed E-state index contributed by atoms with van der Waals surface area (Å²) in [5.41, 5.74) is 0.317. The minimum Gasteiger partial charge on any atom is -0.268 e. The maximum absolute atomic E-state index is 12.2. The monoisotopic (exact) mass is 377 g/mol. The second-order valence-electron chi connectivity index (χ2n) is 4.75. The predicted octanol–water partition coefficient (Wildman–Crippen LogP) is 2.24. The van der Waals surface area contributed by atoms with E-state index in [9.17, 15) is 13.2 Å². The number of carbonyl (C=O) groups excluding carboxylic acids is 1. The van der Waals surface area contributed by atoms with Gasteiger partial charge in [-0.3, -0.25) is 4.79 Å². The van der Waals surface area contributed by atoms with E-state index in [0.717, 1.165) is 27.1 Å². The first-order valence-corrected chi connectivity index (χ1v) is 8.38. The number of hydrogen-bond acceptors (Lipinski definition) is 3. The van der Waals surface area contributed by atoms with Crippen LogP contribution in [0.4, 0.5) is 0 Å². The smallest absolute Gasteiger partial charge is 0.268 e. The number of benzene rings is 1. The van der Waals surface area contributed by atoms with Crippen molar-refractivity contribution in [3.8, 4) is 0 Å². The van der Waals surface area contributed by atoms with Gasteiger partial charge in [0.05, 0.1) is 5.56 Å². The Kier molecular flexibility index (Phi) is 2.89. The van der Waals surface area contributed by atoms with Crippen LogP contribution in [0.3, 0.4) is 0 Å². The van der Waals surface area contributed by atoms with Gasteiger partial charge >= 0.3 is 0 Å². The first kappa shape index (κ1) is 12.4. The van der Waals surface area contributed by atoms with Crippen molar-refractivity contribution in [2.75, 3.05) is 6.54 Å². The number of hydrogen-bond donors (Lipinski definition) is 0. The molecule has 96 valence electrons. The maximum Gasteiger partial charge on any atom is 0.269 e. The van der Waals surface area contributed by atoms with E-state index in [4.69, 9.17) is 0 Å². The number of halogens is 1. The summed E-state index contributed by atoms with van der Waals surface area (Å²) in [7, 11) is -3.60. The Morgan fingerprint density at radius 2 is 2.06 bits per heavy atom. The number of sulfonamides is 1. The van der Waals surface area contributed by atoms with E-state index >= 15 is 0 Å². The lowest BCUT2D eigenvalue weighted by molar-refractivity contribution is 0.0869. The molecular formula is C12H12INO3S. The Morgan fingerprint density at radius 1 is 1.33 bits per heavy atom. The van der Waals surface area contributed by atoms with Crippen molar-refractivity contribution in [2.24, 2.45) is 5.92 Å². The van der Waals surface area contributed by atoms with Crippen LogP contribution in [0.5, 0.6) is 0 Å². The molecule has 2 aliphatic rings. The molecule has 0 unspecified atom stereocenters. The normalized spacial score (nSPS) is 21.2. The number of carbonyl (C=O) groups is 1. The highest BCUT2D eigenvalue weighted by atomic mass is 127. The van der Waals surface area contributed by atoms with Gasteiger partial charge in [0.1, 0.15) is 4.90 Å². The summed E-state index contributed by atoms with van der Waals surface area (Å²) >= 11 is 2.08. The van der Waals surface area contributed by atoms with Gasteiger partial charge in [-0.2, -0.15) is 0 Å². The van der Waals surface area contributed by atoms with Crippen molar-refractivity contribution in [2.45, 2.75) is 24.2 Å². The molecule has 0 spiro atoms. The molecule has 0 radical (unpaired) electrons. The highest BCUT2D eigenvalue weighted by Gasteiger charge is 2.41. The summed E-state index contributed by atoms with van der Waals surface area (Å²) in [6.45, 7) is 0.317. The van der Waals surface area contributed by atoms with Crippen LogP contribution in [0, 0.1) is 9.49 Å². The molecule has 6 heteroatoms. The van der Waals surface area contributed by atoms with Crippen molar-refractivity contribution in [1.82, 2.24) is 4.31 Å². The third-order valence-corrected chi connectivity index (χ3v) is 5.92. The summed E-state index contributed by atoms with van der Waals surface area (Å²) in [5.74, 6) is 0.237. The molecule has 1 fully saturated rings. The highest BCUT2D eigenvalue weighted by molar-refractivity contribution is 14.1. The number of nitrogens with zero attached hydrogens (tertiary/aromatic N) is 1. The SMILES string of the molecule is O=C1c2cc(I)ccc2S(=O)(=O)N1CCC1CC1. The molecule has 1 aliphatic carbocycles. The zero-order chi connectivity index (χ0) is 12.9. The molecule has 1 saturated carbocycles. The van der Waals surface area contributed by atoms with E-state index in [1.54, 1.807) is 12.1 Å². The molecule has 0 atom stereocenters. The van der Waals surface area contributed by atoms with Crippen molar-refractivity contribution >= 4 is 38.5 Å². The second-order valence-corrected chi connectivity index (χ2v) is 7.83. The summed E-state index contributed by atoms with van der Waals surface area (Å²) in [6.07, 6.45) is 3.11. The zero-order valence-electron chi connectivity index (χ0n) is 9.60. The maximum atomic E-state index is 12.2. The van der Waals surface area contributed by atoms with Gasteiger partial charge in [-0.1, -0.05) is 12.8 Å². The predicted molar refractivity (Wildman–Crippen MR) is 74.7 cm³/mol. The quantitative estimate of drug-likeness (QED) is 0.760. The van der Waals surface area contributed by atoms with Crippen molar-refractivity contribution in [3.05, 3.63) is 27.3 Å². The van der Waals surface area contributed by atoms with Crippen LogP contribution in [0.25, 0.3) is 0 Å². The molecule has 0 bridgehead atoms. The van der Waals surface area contributed by atoms with E-state index < -0.39 is 10.0 Å². The number of rotatable bonds is 3. The largest absolute Gasteiger partial charge is 0.269 e. The van der Waals surface area contributed by atoms with Crippen molar-refractivity contribution in [3.63, 3.8) is 0 Å². The summed E-state index contributed by atoms with van der Waals surface area (Å²) in [4.78, 5) is 12.3. The van der Waals surface area contributed by atoms with Crippen LogP contribution in [0.15, 0.2) is 23.1 Å². The minimum absolute atomic E-state index is 0.156. The van der Waals surface area contributed by atoms with Crippen LogP contribution in [-0.2, 0) is 10.0 Å². The molecule has 1 aliphatic heterocycles. The summed E-state index contributed by atoms with van der Waals surface area (Å²) in [5, 5.41) is 0. The molecule has 1 amide bonds. The molecule has 18 heavy (non-hydrogen) atoms. The standard InChI is InChI=1S/C12H12INO3S/c13-9-3-4-11-10(7-9)12(15)14(18(11,16)17)6-5-8-1-2-8/h3-4,7-8H,1-2,5-6H2. The first-order chi connectivity index (χ1) is 8.50. The molecule has 0 N–H and O–H groups in total. The lowest BCUT2D eigenvalue weighted by Crippen LogP contribution is -2.31. The van der Waals surface area contributed by atoms with Crippen LogP contribution in [0.2, 0.25) is 0 Å². The molecule has 0 saturated heterocycles. The van der Waals surface area contributed by atoms with E-state index in [-0.39, 0.29) is 10.8 Å². The zero-order valence-corrected chi connectivity index (χ0v) is 12.6. The van der Waals surface area contributed by atoms with Crippen LogP contribution in [0.1, 0.15) is 29.6 Å². The lowest BCUT2D eigenvalue weighted by Gasteiger charge is -2.14. The van der Waals surface area contributed by atoms with Gasteiger partial charge in [0, 0.05) is 10.1 Å². The van der Waals surface area contributed by atoms with E-state index in [2.05, 4.69) is 22.6 Å². The van der Waals surface area contributed by atoms with E-state index in [1.165, 1.54) is 6.07 Å².